The molecule has 0 heterocycles. The van der Waals surface area contributed by atoms with Gasteiger partial charge in [0.1, 0.15) is 0 Å². The van der Waals surface area contributed by atoms with Gasteiger partial charge in [-0.2, -0.15) is 0 Å². The quantitative estimate of drug-likeness (QED) is 0.679. The third-order valence-electron chi connectivity index (χ3n) is 5.85. The second-order valence-corrected chi connectivity index (χ2v) is 7.47. The number of non-ortho nitro benzene ring substituents is 1. The zero-order chi connectivity index (χ0) is 14.4. The third kappa shape index (κ3) is 2.46. The molecule has 0 spiro atoms. The first kappa shape index (κ1) is 13.3. The standard InChI is InChI=1S/C17H22N2O2/c20-19(21)16-3-1-12(2-4-16)11-18-17-8-13-5-14(9-17)7-15(6-13)10-17/h1-4,13-15,18H,5-11H2. The SMILES string of the molecule is O=[N+]([O-])c1ccc(CNC23CC4CC(CC(C4)C2)C3)cc1. The Morgan fingerprint density at radius 2 is 1.57 bits per heavy atom. The van der Waals surface area contributed by atoms with E-state index in [1.54, 1.807) is 12.1 Å². The van der Waals surface area contributed by atoms with Crippen LogP contribution in [0.1, 0.15) is 44.1 Å². The van der Waals surface area contributed by atoms with E-state index in [1.807, 2.05) is 12.1 Å². The summed E-state index contributed by atoms with van der Waals surface area (Å²) in [4.78, 5) is 10.4. The van der Waals surface area contributed by atoms with Gasteiger partial charge in [-0.3, -0.25) is 10.1 Å². The Bertz CT molecular complexity index is 517. The first-order valence-corrected chi connectivity index (χ1v) is 8.10. The van der Waals surface area contributed by atoms with E-state index in [9.17, 15) is 10.1 Å². The number of hydrogen-bond donors (Lipinski definition) is 1. The molecule has 21 heavy (non-hydrogen) atoms. The minimum absolute atomic E-state index is 0.175. The van der Waals surface area contributed by atoms with Crippen molar-refractivity contribution in [3.63, 3.8) is 0 Å². The van der Waals surface area contributed by atoms with E-state index < -0.39 is 0 Å². The van der Waals surface area contributed by atoms with Crippen LogP contribution in [-0.2, 0) is 6.54 Å². The van der Waals surface area contributed by atoms with Crippen molar-refractivity contribution in [1.82, 2.24) is 5.32 Å². The summed E-state index contributed by atoms with van der Waals surface area (Å²) in [5, 5.41) is 14.5. The summed E-state index contributed by atoms with van der Waals surface area (Å²) in [5.74, 6) is 2.84. The summed E-state index contributed by atoms with van der Waals surface area (Å²) < 4.78 is 0. The van der Waals surface area contributed by atoms with Crippen LogP contribution in [0, 0.1) is 27.9 Å². The first-order valence-electron chi connectivity index (χ1n) is 8.10. The number of nitro benzene ring substituents is 1. The van der Waals surface area contributed by atoms with Crippen LogP contribution in [-0.4, -0.2) is 10.5 Å². The summed E-state index contributed by atoms with van der Waals surface area (Å²) >= 11 is 0. The molecule has 4 bridgehead atoms. The molecule has 4 saturated carbocycles. The molecule has 0 amide bonds. The first-order chi connectivity index (χ1) is 10.1. The summed E-state index contributed by atoms with van der Waals surface area (Å²) in [6.07, 6.45) is 8.39. The highest BCUT2D eigenvalue weighted by atomic mass is 16.6. The van der Waals surface area contributed by atoms with E-state index in [0.29, 0.717) is 5.54 Å². The molecule has 0 radical (unpaired) electrons. The van der Waals surface area contributed by atoms with Crippen molar-refractivity contribution in [3.05, 3.63) is 39.9 Å². The van der Waals surface area contributed by atoms with Gasteiger partial charge in [-0.1, -0.05) is 12.1 Å². The van der Waals surface area contributed by atoms with Crippen molar-refractivity contribution >= 4 is 5.69 Å². The van der Waals surface area contributed by atoms with Gasteiger partial charge in [-0.25, -0.2) is 0 Å². The fourth-order valence-corrected chi connectivity index (χ4v) is 5.35. The fraction of sp³-hybridized carbons (Fsp3) is 0.647. The average Bonchev–Trinajstić information content (AvgIpc) is 2.44. The molecule has 0 atom stereocenters. The molecule has 4 heteroatoms. The highest BCUT2D eigenvalue weighted by molar-refractivity contribution is 5.32. The second-order valence-electron chi connectivity index (χ2n) is 7.47. The maximum Gasteiger partial charge on any atom is 0.269 e. The zero-order valence-electron chi connectivity index (χ0n) is 12.3. The van der Waals surface area contributed by atoms with Crippen molar-refractivity contribution in [2.24, 2.45) is 17.8 Å². The number of nitro groups is 1. The van der Waals surface area contributed by atoms with Crippen LogP contribution in [0.4, 0.5) is 5.69 Å². The van der Waals surface area contributed by atoms with E-state index in [4.69, 9.17) is 0 Å². The molecule has 4 fully saturated rings. The van der Waals surface area contributed by atoms with Crippen molar-refractivity contribution in [1.29, 1.82) is 0 Å². The van der Waals surface area contributed by atoms with Crippen LogP contribution in [0.5, 0.6) is 0 Å². The molecule has 1 N–H and O–H groups in total. The number of benzene rings is 1. The Morgan fingerprint density at radius 1 is 1.05 bits per heavy atom. The van der Waals surface area contributed by atoms with Gasteiger partial charge in [0.25, 0.3) is 5.69 Å². The predicted molar refractivity (Wildman–Crippen MR) is 80.8 cm³/mol. The van der Waals surface area contributed by atoms with E-state index in [2.05, 4.69) is 5.32 Å². The van der Waals surface area contributed by atoms with Crippen LogP contribution in [0.3, 0.4) is 0 Å². The summed E-state index contributed by atoms with van der Waals surface area (Å²) in [7, 11) is 0. The molecule has 4 aliphatic rings. The Morgan fingerprint density at radius 3 is 2.05 bits per heavy atom. The normalized spacial score (nSPS) is 36.9. The molecule has 4 nitrogen and oxygen atoms in total. The lowest BCUT2D eigenvalue weighted by molar-refractivity contribution is -0.384. The molecule has 0 aromatic heterocycles. The monoisotopic (exact) mass is 286 g/mol. The summed E-state index contributed by atoms with van der Waals surface area (Å²) in [5.41, 5.74) is 1.68. The smallest absolute Gasteiger partial charge is 0.269 e. The molecule has 0 unspecified atom stereocenters. The van der Waals surface area contributed by atoms with Crippen LogP contribution < -0.4 is 5.32 Å². The van der Waals surface area contributed by atoms with Gasteiger partial charge in [0.2, 0.25) is 0 Å². The fourth-order valence-electron chi connectivity index (χ4n) is 5.35. The molecule has 0 saturated heterocycles. The van der Waals surface area contributed by atoms with Gasteiger partial charge in [0, 0.05) is 24.2 Å². The molecule has 1 aromatic carbocycles. The van der Waals surface area contributed by atoms with E-state index in [-0.39, 0.29) is 10.6 Å². The molecule has 5 rings (SSSR count). The lowest BCUT2D eigenvalue weighted by atomic mass is 9.53. The topological polar surface area (TPSA) is 55.2 Å². The third-order valence-corrected chi connectivity index (χ3v) is 5.85. The van der Waals surface area contributed by atoms with Crippen LogP contribution >= 0.6 is 0 Å². The van der Waals surface area contributed by atoms with Gasteiger partial charge in [-0.15, -0.1) is 0 Å². The Labute approximate surface area is 125 Å². The minimum Gasteiger partial charge on any atom is -0.307 e. The van der Waals surface area contributed by atoms with Gasteiger partial charge in [0.15, 0.2) is 0 Å². The highest BCUT2D eigenvalue weighted by Gasteiger charge is 2.50. The molecule has 112 valence electrons. The molecular formula is C17H22N2O2. The van der Waals surface area contributed by atoms with Crippen LogP contribution in [0.25, 0.3) is 0 Å². The minimum atomic E-state index is -0.337. The maximum absolute atomic E-state index is 10.7. The highest BCUT2D eigenvalue weighted by Crippen LogP contribution is 2.55. The van der Waals surface area contributed by atoms with Gasteiger partial charge in [-0.05, 0) is 61.8 Å². The lowest BCUT2D eigenvalue weighted by Crippen LogP contribution is -2.58. The van der Waals surface area contributed by atoms with Crippen LogP contribution in [0.2, 0.25) is 0 Å². The average molecular weight is 286 g/mol. The number of nitrogens with zero attached hydrogens (tertiary/aromatic N) is 1. The second kappa shape index (κ2) is 4.80. The Kier molecular flexibility index (Phi) is 3.03. The van der Waals surface area contributed by atoms with Crippen molar-refractivity contribution in [2.75, 3.05) is 0 Å². The van der Waals surface area contributed by atoms with Crippen molar-refractivity contribution < 1.29 is 4.92 Å². The number of hydrogen-bond acceptors (Lipinski definition) is 3. The largest absolute Gasteiger partial charge is 0.307 e. The Hall–Kier alpha value is -1.42. The molecule has 0 aliphatic heterocycles. The summed E-state index contributed by atoms with van der Waals surface area (Å²) in [6, 6.07) is 6.98. The van der Waals surface area contributed by atoms with Crippen molar-refractivity contribution in [2.45, 2.75) is 50.6 Å². The van der Waals surface area contributed by atoms with Gasteiger partial charge in [0.05, 0.1) is 4.92 Å². The van der Waals surface area contributed by atoms with Crippen molar-refractivity contribution in [3.8, 4) is 0 Å². The lowest BCUT2D eigenvalue weighted by Gasteiger charge is -2.57. The van der Waals surface area contributed by atoms with Crippen LogP contribution in [0.15, 0.2) is 24.3 Å². The van der Waals surface area contributed by atoms with E-state index in [1.165, 1.54) is 38.5 Å². The van der Waals surface area contributed by atoms with Gasteiger partial charge >= 0.3 is 0 Å². The van der Waals surface area contributed by atoms with E-state index >= 15 is 0 Å². The maximum atomic E-state index is 10.7. The molecular weight excluding hydrogens is 264 g/mol. The zero-order valence-corrected chi connectivity index (χ0v) is 12.3. The molecule has 1 aromatic rings. The Balaban J connectivity index is 1.43. The number of rotatable bonds is 4. The van der Waals surface area contributed by atoms with E-state index in [0.717, 1.165) is 29.9 Å². The number of nitrogens with one attached hydrogen (secondary N) is 1. The summed E-state index contributed by atoms with van der Waals surface area (Å²) in [6.45, 7) is 0.837. The predicted octanol–water partition coefficient (Wildman–Crippen LogP) is 3.65. The molecule has 4 aliphatic carbocycles. The van der Waals surface area contributed by atoms with Gasteiger partial charge < -0.3 is 5.32 Å².